The number of nitrogens with two attached hydrogens (primary N) is 1. The van der Waals surface area contributed by atoms with Gasteiger partial charge in [-0.3, -0.25) is 10.1 Å². The molecule has 1 aromatic heterocycles. The molecule has 1 unspecified atom stereocenters. The number of hydrogen-bond acceptors (Lipinski definition) is 5. The number of nitrogens with zero attached hydrogens (tertiary/aromatic N) is 2. The molecular weight excluding hydrogens is 316 g/mol. The quantitative estimate of drug-likeness (QED) is 0.525. The highest BCUT2D eigenvalue weighted by Crippen LogP contribution is 2.26. The van der Waals surface area contributed by atoms with Gasteiger partial charge >= 0.3 is 5.69 Å². The van der Waals surface area contributed by atoms with Gasteiger partial charge in [0, 0.05) is 6.07 Å². The summed E-state index contributed by atoms with van der Waals surface area (Å²) in [5, 5.41) is 14.2. The van der Waals surface area contributed by atoms with Crippen LogP contribution in [0.3, 0.4) is 0 Å². The van der Waals surface area contributed by atoms with Gasteiger partial charge in [0.1, 0.15) is 5.82 Å². The van der Waals surface area contributed by atoms with Crippen LogP contribution in [-0.2, 0) is 6.42 Å². The van der Waals surface area contributed by atoms with Crippen molar-refractivity contribution in [3.05, 3.63) is 94.0 Å². The van der Waals surface area contributed by atoms with Crippen molar-refractivity contribution in [1.82, 2.24) is 4.98 Å². The second-order valence-corrected chi connectivity index (χ2v) is 5.66. The lowest BCUT2D eigenvalue weighted by molar-refractivity contribution is -0.384. The van der Waals surface area contributed by atoms with Gasteiger partial charge in [-0.2, -0.15) is 0 Å². The zero-order chi connectivity index (χ0) is 17.6. The second-order valence-electron chi connectivity index (χ2n) is 5.66. The van der Waals surface area contributed by atoms with E-state index < -0.39 is 4.92 Å². The standard InChI is InChI=1S/C19H18N4O2/c20-19-17(23(24)25)11-12-18(22-19)21-16(15-9-5-2-6-10-15)13-14-7-3-1-4-8-14/h1-12,16H,13H2,(H3,20,21,22). The van der Waals surface area contributed by atoms with Crippen molar-refractivity contribution in [2.75, 3.05) is 11.1 Å². The monoisotopic (exact) mass is 334 g/mol. The van der Waals surface area contributed by atoms with Crippen molar-refractivity contribution in [3.63, 3.8) is 0 Å². The Hall–Kier alpha value is -3.41. The van der Waals surface area contributed by atoms with E-state index in [9.17, 15) is 10.1 Å². The van der Waals surface area contributed by atoms with Gasteiger partial charge in [-0.05, 0) is 23.6 Å². The third kappa shape index (κ3) is 4.11. The number of nitrogen functional groups attached to an aromatic ring is 1. The first-order chi connectivity index (χ1) is 12.1. The molecule has 3 aromatic rings. The SMILES string of the molecule is Nc1nc(NC(Cc2ccccc2)c2ccccc2)ccc1[N+](=O)[O-]. The first kappa shape index (κ1) is 16.4. The first-order valence-electron chi connectivity index (χ1n) is 7.90. The third-order valence-corrected chi connectivity index (χ3v) is 3.91. The molecular formula is C19H18N4O2. The van der Waals surface area contributed by atoms with Crippen LogP contribution in [0.1, 0.15) is 17.2 Å². The van der Waals surface area contributed by atoms with Gasteiger partial charge < -0.3 is 11.1 Å². The summed E-state index contributed by atoms with van der Waals surface area (Å²) in [6.45, 7) is 0. The van der Waals surface area contributed by atoms with Gasteiger partial charge in [0.05, 0.1) is 11.0 Å². The molecule has 0 fully saturated rings. The number of hydrogen-bond donors (Lipinski definition) is 2. The molecule has 25 heavy (non-hydrogen) atoms. The van der Waals surface area contributed by atoms with Crippen LogP contribution < -0.4 is 11.1 Å². The number of rotatable bonds is 6. The van der Waals surface area contributed by atoms with Crippen LogP contribution in [0.25, 0.3) is 0 Å². The number of anilines is 2. The number of pyridine rings is 1. The van der Waals surface area contributed by atoms with Gasteiger partial charge in [-0.15, -0.1) is 0 Å². The fraction of sp³-hybridized carbons (Fsp3) is 0.105. The van der Waals surface area contributed by atoms with E-state index in [0.717, 1.165) is 12.0 Å². The Kier molecular flexibility index (Phi) is 4.89. The summed E-state index contributed by atoms with van der Waals surface area (Å²) in [7, 11) is 0. The Morgan fingerprint density at radius 3 is 2.24 bits per heavy atom. The highest BCUT2D eigenvalue weighted by atomic mass is 16.6. The molecule has 0 aliphatic carbocycles. The maximum atomic E-state index is 10.9. The molecule has 0 aliphatic heterocycles. The minimum absolute atomic E-state index is 0.0306. The molecule has 3 N–H and O–H groups in total. The van der Waals surface area contributed by atoms with E-state index in [1.54, 1.807) is 6.07 Å². The molecule has 6 heteroatoms. The van der Waals surface area contributed by atoms with E-state index in [2.05, 4.69) is 22.4 Å². The van der Waals surface area contributed by atoms with Crippen LogP contribution >= 0.6 is 0 Å². The molecule has 0 amide bonds. The lowest BCUT2D eigenvalue weighted by Crippen LogP contribution is -2.15. The Morgan fingerprint density at radius 1 is 1.00 bits per heavy atom. The van der Waals surface area contributed by atoms with Crippen molar-refractivity contribution >= 4 is 17.3 Å². The highest BCUT2D eigenvalue weighted by molar-refractivity contribution is 5.57. The molecule has 2 aromatic carbocycles. The Balaban J connectivity index is 1.87. The Bertz CT molecular complexity index is 854. The lowest BCUT2D eigenvalue weighted by Gasteiger charge is -2.20. The predicted octanol–water partition coefficient (Wildman–Crippen LogP) is 3.97. The van der Waals surface area contributed by atoms with Gasteiger partial charge in [-0.1, -0.05) is 60.7 Å². The molecule has 1 atom stereocenters. The van der Waals surface area contributed by atoms with E-state index >= 15 is 0 Å². The average Bonchev–Trinajstić information content (AvgIpc) is 2.62. The summed E-state index contributed by atoms with van der Waals surface area (Å²) in [6.07, 6.45) is 0.753. The summed E-state index contributed by atoms with van der Waals surface area (Å²) < 4.78 is 0. The van der Waals surface area contributed by atoms with Crippen molar-refractivity contribution < 1.29 is 4.92 Å². The Labute approximate surface area is 145 Å². The summed E-state index contributed by atoms with van der Waals surface area (Å²) in [5.41, 5.74) is 7.79. The number of nitrogens with one attached hydrogen (secondary N) is 1. The van der Waals surface area contributed by atoms with Crippen molar-refractivity contribution in [2.45, 2.75) is 12.5 Å². The highest BCUT2D eigenvalue weighted by Gasteiger charge is 2.16. The number of benzene rings is 2. The maximum absolute atomic E-state index is 10.9. The van der Waals surface area contributed by atoms with Gasteiger partial charge in [-0.25, -0.2) is 4.98 Å². The van der Waals surface area contributed by atoms with E-state index in [0.29, 0.717) is 5.82 Å². The van der Waals surface area contributed by atoms with Crippen LogP contribution in [0.15, 0.2) is 72.8 Å². The van der Waals surface area contributed by atoms with E-state index in [-0.39, 0.29) is 17.5 Å². The van der Waals surface area contributed by atoms with Crippen LogP contribution in [-0.4, -0.2) is 9.91 Å². The van der Waals surface area contributed by atoms with Crippen LogP contribution in [0, 0.1) is 10.1 Å². The van der Waals surface area contributed by atoms with Gasteiger partial charge in [0.15, 0.2) is 0 Å². The molecule has 126 valence electrons. The first-order valence-corrected chi connectivity index (χ1v) is 7.90. The molecule has 0 bridgehead atoms. The number of aromatic nitrogens is 1. The summed E-state index contributed by atoms with van der Waals surface area (Å²) >= 11 is 0. The molecule has 1 heterocycles. The lowest BCUT2D eigenvalue weighted by atomic mass is 9.99. The molecule has 0 saturated heterocycles. The summed E-state index contributed by atoms with van der Waals surface area (Å²) in [6, 6.07) is 23.0. The fourth-order valence-electron chi connectivity index (χ4n) is 2.67. The van der Waals surface area contributed by atoms with Gasteiger partial charge in [0.2, 0.25) is 5.82 Å². The van der Waals surface area contributed by atoms with Crippen molar-refractivity contribution in [1.29, 1.82) is 0 Å². The van der Waals surface area contributed by atoms with Crippen LogP contribution in [0.5, 0.6) is 0 Å². The summed E-state index contributed by atoms with van der Waals surface area (Å²) in [5.74, 6) is 0.411. The smallest absolute Gasteiger partial charge is 0.311 e. The normalized spacial score (nSPS) is 11.7. The zero-order valence-electron chi connectivity index (χ0n) is 13.5. The second kappa shape index (κ2) is 7.44. The predicted molar refractivity (Wildman–Crippen MR) is 98.3 cm³/mol. The third-order valence-electron chi connectivity index (χ3n) is 3.91. The molecule has 0 saturated carbocycles. The molecule has 0 aliphatic rings. The minimum atomic E-state index is -0.537. The molecule has 3 rings (SSSR count). The zero-order valence-corrected chi connectivity index (χ0v) is 13.5. The minimum Gasteiger partial charge on any atom is -0.378 e. The molecule has 0 radical (unpaired) electrons. The fourth-order valence-corrected chi connectivity index (χ4v) is 2.67. The van der Waals surface area contributed by atoms with E-state index in [1.165, 1.54) is 11.6 Å². The summed E-state index contributed by atoms with van der Waals surface area (Å²) in [4.78, 5) is 14.5. The van der Waals surface area contributed by atoms with E-state index in [4.69, 9.17) is 5.73 Å². The van der Waals surface area contributed by atoms with Crippen LogP contribution in [0.2, 0.25) is 0 Å². The van der Waals surface area contributed by atoms with Gasteiger partial charge in [0.25, 0.3) is 0 Å². The topological polar surface area (TPSA) is 94.1 Å². The van der Waals surface area contributed by atoms with E-state index in [1.807, 2.05) is 48.5 Å². The van der Waals surface area contributed by atoms with Crippen molar-refractivity contribution in [2.24, 2.45) is 0 Å². The Morgan fingerprint density at radius 2 is 1.64 bits per heavy atom. The largest absolute Gasteiger partial charge is 0.378 e. The maximum Gasteiger partial charge on any atom is 0.311 e. The van der Waals surface area contributed by atoms with Crippen molar-refractivity contribution in [3.8, 4) is 0 Å². The number of nitro groups is 1. The average molecular weight is 334 g/mol. The molecule has 6 nitrogen and oxygen atoms in total. The van der Waals surface area contributed by atoms with Crippen LogP contribution in [0.4, 0.5) is 17.3 Å². The molecule has 0 spiro atoms.